The van der Waals surface area contributed by atoms with Crippen LogP contribution in [0.3, 0.4) is 0 Å². The third-order valence-electron chi connectivity index (χ3n) is 3.60. The number of nitrogens with two attached hydrogens (primary N) is 1. The third kappa shape index (κ3) is 8.39. The second-order valence-electron chi connectivity index (χ2n) is 6.51. The van der Waals surface area contributed by atoms with Gasteiger partial charge in [-0.3, -0.25) is 24.0 Å². The molecule has 1 aliphatic rings. The topological polar surface area (TPSA) is 154 Å². The summed E-state index contributed by atoms with van der Waals surface area (Å²) < 4.78 is 10.2. The second-order valence-corrected chi connectivity index (χ2v) is 7.66. The van der Waals surface area contributed by atoms with Crippen LogP contribution in [0, 0.1) is 5.41 Å². The predicted octanol–water partition coefficient (Wildman–Crippen LogP) is -1.29. The lowest BCUT2D eigenvalue weighted by molar-refractivity contribution is -0.167. The molecule has 1 heterocycles. The van der Waals surface area contributed by atoms with E-state index in [0.717, 1.165) is 11.8 Å². The minimum absolute atomic E-state index is 0.0251. The maximum absolute atomic E-state index is 12.5. The average Bonchev–Trinajstić information content (AvgIpc) is 2.60. The van der Waals surface area contributed by atoms with Crippen molar-refractivity contribution in [1.82, 2.24) is 10.6 Å². The summed E-state index contributed by atoms with van der Waals surface area (Å²) in [7, 11) is 0. The van der Waals surface area contributed by atoms with Gasteiger partial charge in [0.2, 0.25) is 5.91 Å². The molecule has 0 aromatic carbocycles. The van der Waals surface area contributed by atoms with Gasteiger partial charge < -0.3 is 25.8 Å². The van der Waals surface area contributed by atoms with Crippen molar-refractivity contribution in [3.8, 4) is 0 Å². The summed E-state index contributed by atoms with van der Waals surface area (Å²) in [5, 5.41) is 4.74. The third-order valence-corrected chi connectivity index (χ3v) is 4.47. The largest absolute Gasteiger partial charge is 0.465 e. The number of esters is 2. The smallest absolute Gasteiger partial charge is 0.320 e. The van der Waals surface area contributed by atoms with Crippen molar-refractivity contribution < 1.29 is 33.4 Å². The summed E-state index contributed by atoms with van der Waals surface area (Å²) in [4.78, 5) is 59.3. The zero-order chi connectivity index (χ0) is 20.4. The average molecular weight is 403 g/mol. The first kappa shape index (κ1) is 22.9. The lowest BCUT2D eigenvalue weighted by Gasteiger charge is -2.32. The van der Waals surface area contributed by atoms with Crippen LogP contribution in [0.5, 0.6) is 0 Å². The molecule has 1 fully saturated rings. The zero-order valence-electron chi connectivity index (χ0n) is 15.4. The number of hydrogen-bond donors (Lipinski definition) is 3. The molecule has 1 atom stereocenters. The summed E-state index contributed by atoms with van der Waals surface area (Å²) in [6, 6.07) is 0. The van der Waals surface area contributed by atoms with Crippen LogP contribution in [-0.2, 0) is 33.4 Å². The highest BCUT2D eigenvalue weighted by Gasteiger charge is 2.39. The van der Waals surface area contributed by atoms with E-state index < -0.39 is 42.3 Å². The summed E-state index contributed by atoms with van der Waals surface area (Å²) in [5.41, 5.74) is 4.15. The quantitative estimate of drug-likeness (QED) is 0.377. The summed E-state index contributed by atoms with van der Waals surface area (Å²) in [6.07, 6.45) is -1.70. The molecule has 0 aliphatic carbocycles. The standard InChI is InChI=1S/C16H25N3O7S/c1-16(2)9-25-11(21)7-13(23)27-6-5-18-10(20)3-4-19-15(24)14(16)26-12(22)8-17/h14H,3-9,17H2,1-2H3,(H,18,20)(H,19,24)/t14-/m0/s1. The Hall–Kier alpha value is -2.14. The Kier molecular flexibility index (Phi) is 9.22. The van der Waals surface area contributed by atoms with E-state index in [2.05, 4.69) is 10.6 Å². The molecule has 0 aromatic rings. The molecular formula is C16H25N3O7S. The maximum Gasteiger partial charge on any atom is 0.320 e. The molecule has 1 rings (SSSR count). The van der Waals surface area contributed by atoms with Gasteiger partial charge in [0.05, 0.1) is 6.54 Å². The molecule has 1 saturated heterocycles. The van der Waals surface area contributed by atoms with Crippen molar-refractivity contribution in [3.05, 3.63) is 0 Å². The highest BCUT2D eigenvalue weighted by Crippen LogP contribution is 2.25. The molecule has 27 heavy (non-hydrogen) atoms. The molecular weight excluding hydrogens is 378 g/mol. The lowest BCUT2D eigenvalue weighted by Crippen LogP contribution is -2.50. The number of amides is 2. The molecule has 152 valence electrons. The fourth-order valence-electron chi connectivity index (χ4n) is 2.15. The van der Waals surface area contributed by atoms with E-state index in [-0.39, 0.29) is 37.1 Å². The molecule has 10 nitrogen and oxygen atoms in total. The summed E-state index contributed by atoms with van der Waals surface area (Å²) >= 11 is 0.923. The van der Waals surface area contributed by atoms with E-state index in [9.17, 15) is 24.0 Å². The minimum atomic E-state index is -1.29. The Labute approximate surface area is 161 Å². The van der Waals surface area contributed by atoms with Crippen LogP contribution in [0.4, 0.5) is 0 Å². The van der Waals surface area contributed by atoms with Gasteiger partial charge in [-0.2, -0.15) is 0 Å². The lowest BCUT2D eigenvalue weighted by atomic mass is 9.86. The Bertz CT molecular complexity index is 595. The van der Waals surface area contributed by atoms with Gasteiger partial charge in [-0.1, -0.05) is 25.6 Å². The van der Waals surface area contributed by atoms with E-state index in [1.807, 2.05) is 0 Å². The van der Waals surface area contributed by atoms with Crippen molar-refractivity contribution >= 4 is 40.6 Å². The van der Waals surface area contributed by atoms with Crippen molar-refractivity contribution in [1.29, 1.82) is 0 Å². The number of nitrogens with one attached hydrogen (secondary N) is 2. The van der Waals surface area contributed by atoms with Gasteiger partial charge in [0.25, 0.3) is 5.91 Å². The Morgan fingerprint density at radius 1 is 1.26 bits per heavy atom. The number of carbonyl (C=O) groups is 5. The molecule has 4 N–H and O–H groups in total. The Balaban J connectivity index is 2.93. The first-order valence-electron chi connectivity index (χ1n) is 8.41. The second kappa shape index (κ2) is 10.9. The normalized spacial score (nSPS) is 23.0. The van der Waals surface area contributed by atoms with Gasteiger partial charge in [-0.05, 0) is 0 Å². The van der Waals surface area contributed by atoms with Gasteiger partial charge in [0, 0.05) is 30.7 Å². The SMILES string of the molecule is CC1(C)COC(=O)CC(=O)SCCNC(=O)CCNC(=O)[C@@H]1OC(=O)CN. The van der Waals surface area contributed by atoms with Crippen molar-refractivity contribution in [2.24, 2.45) is 11.1 Å². The van der Waals surface area contributed by atoms with E-state index in [4.69, 9.17) is 15.2 Å². The summed E-state index contributed by atoms with van der Waals surface area (Å²) in [5.74, 6) is -2.16. The van der Waals surface area contributed by atoms with Crippen LogP contribution in [0.25, 0.3) is 0 Å². The monoisotopic (exact) mass is 403 g/mol. The highest BCUT2D eigenvalue weighted by molar-refractivity contribution is 8.13. The van der Waals surface area contributed by atoms with Crippen LogP contribution >= 0.6 is 11.8 Å². The number of rotatable bonds is 2. The molecule has 2 amide bonds. The molecule has 0 unspecified atom stereocenters. The van der Waals surface area contributed by atoms with E-state index in [1.54, 1.807) is 13.8 Å². The summed E-state index contributed by atoms with van der Waals surface area (Å²) in [6.45, 7) is 2.75. The Morgan fingerprint density at radius 2 is 1.96 bits per heavy atom. The van der Waals surface area contributed by atoms with Crippen molar-refractivity contribution in [2.45, 2.75) is 32.8 Å². The van der Waals surface area contributed by atoms with Gasteiger partial charge in [-0.25, -0.2) is 0 Å². The number of cyclic esters (lactones) is 1. The van der Waals surface area contributed by atoms with E-state index in [1.165, 1.54) is 0 Å². The zero-order valence-corrected chi connectivity index (χ0v) is 16.2. The number of ether oxygens (including phenoxy) is 2. The van der Waals surface area contributed by atoms with Crippen LogP contribution in [0.1, 0.15) is 26.7 Å². The Morgan fingerprint density at radius 3 is 2.63 bits per heavy atom. The number of hydrogen-bond acceptors (Lipinski definition) is 9. The molecule has 11 heteroatoms. The van der Waals surface area contributed by atoms with Gasteiger partial charge in [-0.15, -0.1) is 0 Å². The fraction of sp³-hybridized carbons (Fsp3) is 0.688. The molecule has 0 aromatic heterocycles. The van der Waals surface area contributed by atoms with E-state index in [0.29, 0.717) is 5.75 Å². The van der Waals surface area contributed by atoms with Crippen molar-refractivity contribution in [2.75, 3.05) is 32.0 Å². The van der Waals surface area contributed by atoms with Gasteiger partial charge in [0.1, 0.15) is 13.0 Å². The van der Waals surface area contributed by atoms with Gasteiger partial charge in [0.15, 0.2) is 11.2 Å². The first-order valence-corrected chi connectivity index (χ1v) is 9.39. The fourth-order valence-corrected chi connectivity index (χ4v) is 2.80. The number of carbonyl (C=O) groups excluding carboxylic acids is 5. The molecule has 0 radical (unpaired) electrons. The molecule has 0 bridgehead atoms. The van der Waals surface area contributed by atoms with Crippen LogP contribution < -0.4 is 16.4 Å². The maximum atomic E-state index is 12.5. The molecule has 0 spiro atoms. The number of thioether (sulfide) groups is 1. The van der Waals surface area contributed by atoms with Crippen molar-refractivity contribution in [3.63, 3.8) is 0 Å². The molecule has 1 aliphatic heterocycles. The minimum Gasteiger partial charge on any atom is -0.465 e. The van der Waals surface area contributed by atoms with Gasteiger partial charge >= 0.3 is 11.9 Å². The first-order chi connectivity index (χ1) is 12.7. The van der Waals surface area contributed by atoms with E-state index >= 15 is 0 Å². The molecule has 0 saturated carbocycles. The highest BCUT2D eigenvalue weighted by atomic mass is 32.2. The van der Waals surface area contributed by atoms with Crippen LogP contribution in [-0.4, -0.2) is 67.0 Å². The predicted molar refractivity (Wildman–Crippen MR) is 96.4 cm³/mol. The van der Waals surface area contributed by atoms with Crippen LogP contribution in [0.15, 0.2) is 0 Å². The van der Waals surface area contributed by atoms with Crippen LogP contribution in [0.2, 0.25) is 0 Å².